The van der Waals surface area contributed by atoms with E-state index in [4.69, 9.17) is 0 Å². The van der Waals surface area contributed by atoms with Gasteiger partial charge in [-0.1, -0.05) is 0 Å². The lowest BCUT2D eigenvalue weighted by molar-refractivity contribution is 0.375. The molecule has 0 atom stereocenters. The second-order valence-corrected chi connectivity index (χ2v) is 4.62. The van der Waals surface area contributed by atoms with E-state index >= 15 is 0 Å². The van der Waals surface area contributed by atoms with Crippen molar-refractivity contribution in [2.24, 2.45) is 0 Å². The van der Waals surface area contributed by atoms with Crippen molar-refractivity contribution < 1.29 is 0 Å². The molecule has 0 spiro atoms. The van der Waals surface area contributed by atoms with Crippen molar-refractivity contribution in [2.45, 2.75) is 31.3 Å². The smallest absolute Gasteiger partial charge is 0.294 e. The van der Waals surface area contributed by atoms with Gasteiger partial charge < -0.3 is 0 Å². The average molecular weight is 198 g/mol. The maximum atomic E-state index is 11.5. The average Bonchev–Trinajstić information content (AvgIpc) is 2.01. The van der Waals surface area contributed by atoms with E-state index in [1.54, 1.807) is 10.8 Å². The Labute approximate surface area is 82.2 Å². The van der Waals surface area contributed by atoms with Crippen molar-refractivity contribution in [3.63, 3.8) is 0 Å². The van der Waals surface area contributed by atoms with E-state index in [-0.39, 0.29) is 11.2 Å². The number of thioether (sulfide) groups is 1. The highest BCUT2D eigenvalue weighted by Gasteiger charge is 2.14. The van der Waals surface area contributed by atoms with Gasteiger partial charge in [0.05, 0.1) is 0 Å². The molecule has 3 nitrogen and oxygen atoms in total. The minimum absolute atomic E-state index is 0.181. The third-order valence-corrected chi connectivity index (χ3v) is 2.36. The van der Waals surface area contributed by atoms with Crippen LogP contribution in [0.3, 0.4) is 0 Å². The van der Waals surface area contributed by atoms with Crippen LogP contribution >= 0.6 is 11.8 Å². The maximum absolute atomic E-state index is 11.5. The molecule has 0 amide bonds. The third kappa shape index (κ3) is 2.34. The van der Waals surface area contributed by atoms with Crippen LogP contribution in [0.2, 0.25) is 0 Å². The molecule has 1 aromatic heterocycles. The SMILES string of the molecule is CSc1ccn(C(C)(C)C)c(=O)n1. The molecule has 72 valence electrons. The lowest BCUT2D eigenvalue weighted by atomic mass is 10.1. The van der Waals surface area contributed by atoms with Crippen molar-refractivity contribution >= 4 is 11.8 Å². The minimum Gasteiger partial charge on any atom is -0.294 e. The highest BCUT2D eigenvalue weighted by Crippen LogP contribution is 2.12. The van der Waals surface area contributed by atoms with Gasteiger partial charge in [0.25, 0.3) is 0 Å². The van der Waals surface area contributed by atoms with Crippen LogP contribution in [0.25, 0.3) is 0 Å². The van der Waals surface area contributed by atoms with E-state index in [9.17, 15) is 4.79 Å². The van der Waals surface area contributed by atoms with Crippen molar-refractivity contribution in [3.05, 3.63) is 22.7 Å². The summed E-state index contributed by atoms with van der Waals surface area (Å²) in [7, 11) is 0. The first-order chi connectivity index (χ1) is 5.95. The van der Waals surface area contributed by atoms with Crippen molar-refractivity contribution in [1.29, 1.82) is 0 Å². The van der Waals surface area contributed by atoms with Gasteiger partial charge in [0.1, 0.15) is 5.03 Å². The van der Waals surface area contributed by atoms with Gasteiger partial charge in [0.15, 0.2) is 0 Å². The Balaban J connectivity index is 3.21. The van der Waals surface area contributed by atoms with E-state index < -0.39 is 0 Å². The molecule has 0 saturated heterocycles. The molecule has 1 aromatic rings. The van der Waals surface area contributed by atoms with Gasteiger partial charge in [-0.25, -0.2) is 4.79 Å². The lowest BCUT2D eigenvalue weighted by Gasteiger charge is -2.21. The summed E-state index contributed by atoms with van der Waals surface area (Å²) in [6, 6.07) is 1.86. The van der Waals surface area contributed by atoms with Crippen LogP contribution in [0.15, 0.2) is 22.1 Å². The first-order valence-electron chi connectivity index (χ1n) is 4.09. The predicted octanol–water partition coefficient (Wildman–Crippen LogP) is 1.72. The van der Waals surface area contributed by atoms with Crippen LogP contribution in [0, 0.1) is 0 Å². The zero-order chi connectivity index (χ0) is 10.1. The standard InChI is InChI=1S/C9H14N2OS/c1-9(2,3)11-6-5-7(13-4)10-8(11)12/h5-6H,1-4H3. The number of aromatic nitrogens is 2. The first-order valence-corrected chi connectivity index (χ1v) is 5.32. The fraction of sp³-hybridized carbons (Fsp3) is 0.556. The third-order valence-electron chi connectivity index (χ3n) is 1.71. The summed E-state index contributed by atoms with van der Waals surface area (Å²) >= 11 is 1.48. The van der Waals surface area contributed by atoms with Crippen LogP contribution in [-0.4, -0.2) is 15.8 Å². The number of rotatable bonds is 1. The Bertz CT molecular complexity index is 351. The highest BCUT2D eigenvalue weighted by molar-refractivity contribution is 7.98. The number of nitrogens with zero attached hydrogens (tertiary/aromatic N) is 2. The van der Waals surface area contributed by atoms with Gasteiger partial charge in [-0.2, -0.15) is 4.98 Å². The normalized spacial score (nSPS) is 11.7. The summed E-state index contributed by atoms with van der Waals surface area (Å²) in [6.45, 7) is 5.94. The first kappa shape index (κ1) is 10.3. The van der Waals surface area contributed by atoms with Gasteiger partial charge in [0.2, 0.25) is 0 Å². The molecule has 0 fully saturated rings. The van der Waals surface area contributed by atoms with Crippen LogP contribution in [0.1, 0.15) is 20.8 Å². The Morgan fingerprint density at radius 3 is 2.46 bits per heavy atom. The largest absolute Gasteiger partial charge is 0.349 e. The summed E-state index contributed by atoms with van der Waals surface area (Å²) < 4.78 is 1.63. The molecule has 13 heavy (non-hydrogen) atoms. The van der Waals surface area contributed by atoms with E-state index in [0.717, 1.165) is 5.03 Å². The topological polar surface area (TPSA) is 34.9 Å². The second kappa shape index (κ2) is 3.54. The van der Waals surface area contributed by atoms with Crippen molar-refractivity contribution in [2.75, 3.05) is 6.26 Å². The lowest BCUT2D eigenvalue weighted by Crippen LogP contribution is -2.34. The van der Waals surface area contributed by atoms with Crippen LogP contribution in [-0.2, 0) is 5.54 Å². The molecule has 0 aliphatic heterocycles. The number of hydrogen-bond donors (Lipinski definition) is 0. The zero-order valence-corrected chi connectivity index (χ0v) is 9.18. The van der Waals surface area contributed by atoms with Gasteiger partial charge in [0, 0.05) is 11.7 Å². The zero-order valence-electron chi connectivity index (χ0n) is 8.37. The van der Waals surface area contributed by atoms with Crippen LogP contribution < -0.4 is 5.69 Å². The molecular formula is C9H14N2OS. The fourth-order valence-electron chi connectivity index (χ4n) is 1.01. The Kier molecular flexibility index (Phi) is 2.81. The molecule has 0 aliphatic carbocycles. The molecule has 0 saturated carbocycles. The minimum atomic E-state index is -0.193. The maximum Gasteiger partial charge on any atom is 0.349 e. The molecule has 4 heteroatoms. The number of hydrogen-bond acceptors (Lipinski definition) is 3. The molecule has 1 heterocycles. The summed E-state index contributed by atoms with van der Waals surface area (Å²) in [4.78, 5) is 15.4. The summed E-state index contributed by atoms with van der Waals surface area (Å²) in [5.41, 5.74) is -0.375. The Morgan fingerprint density at radius 1 is 1.46 bits per heavy atom. The van der Waals surface area contributed by atoms with E-state index in [1.807, 2.05) is 33.1 Å². The van der Waals surface area contributed by atoms with Gasteiger partial charge in [-0.05, 0) is 33.1 Å². The van der Waals surface area contributed by atoms with Crippen molar-refractivity contribution in [1.82, 2.24) is 9.55 Å². The molecule has 0 aliphatic rings. The Morgan fingerprint density at radius 2 is 2.08 bits per heavy atom. The van der Waals surface area contributed by atoms with Gasteiger partial charge in [-0.15, -0.1) is 11.8 Å². The summed E-state index contributed by atoms with van der Waals surface area (Å²) in [5, 5.41) is 0.769. The predicted molar refractivity (Wildman–Crippen MR) is 55.3 cm³/mol. The summed E-state index contributed by atoms with van der Waals surface area (Å²) in [6.07, 6.45) is 3.70. The van der Waals surface area contributed by atoms with Crippen LogP contribution in [0.4, 0.5) is 0 Å². The quantitative estimate of drug-likeness (QED) is 0.509. The molecule has 0 N–H and O–H groups in total. The van der Waals surface area contributed by atoms with Crippen molar-refractivity contribution in [3.8, 4) is 0 Å². The van der Waals surface area contributed by atoms with E-state index in [1.165, 1.54) is 11.8 Å². The van der Waals surface area contributed by atoms with E-state index in [0.29, 0.717) is 0 Å². The second-order valence-electron chi connectivity index (χ2n) is 3.79. The Hall–Kier alpha value is -0.770. The molecule has 0 unspecified atom stereocenters. The van der Waals surface area contributed by atoms with E-state index in [2.05, 4.69) is 4.98 Å². The van der Waals surface area contributed by atoms with Gasteiger partial charge in [-0.3, -0.25) is 4.57 Å². The van der Waals surface area contributed by atoms with Gasteiger partial charge >= 0.3 is 5.69 Å². The van der Waals surface area contributed by atoms with Crippen LogP contribution in [0.5, 0.6) is 0 Å². The molecule has 0 bridgehead atoms. The monoisotopic (exact) mass is 198 g/mol. The fourth-order valence-corrected chi connectivity index (χ4v) is 1.38. The molecule has 1 rings (SSSR count). The highest BCUT2D eigenvalue weighted by atomic mass is 32.2. The molecular weight excluding hydrogens is 184 g/mol. The molecule has 0 radical (unpaired) electrons. The summed E-state index contributed by atoms with van der Waals surface area (Å²) in [5.74, 6) is 0. The molecule has 0 aromatic carbocycles.